The fourth-order valence-electron chi connectivity index (χ4n) is 2.88. The summed E-state index contributed by atoms with van der Waals surface area (Å²) < 4.78 is 0. The highest BCUT2D eigenvalue weighted by molar-refractivity contribution is 6.44. The zero-order valence-electron chi connectivity index (χ0n) is 15.0. The lowest BCUT2D eigenvalue weighted by Crippen LogP contribution is -2.39. The smallest absolute Gasteiger partial charge is 0.272 e. The van der Waals surface area contributed by atoms with Gasteiger partial charge < -0.3 is 16.0 Å². The lowest BCUT2D eigenvalue weighted by Gasteiger charge is -2.20. The van der Waals surface area contributed by atoms with Crippen molar-refractivity contribution in [3.63, 3.8) is 0 Å². The van der Waals surface area contributed by atoms with Gasteiger partial charge in [-0.3, -0.25) is 14.6 Å². The van der Waals surface area contributed by atoms with Gasteiger partial charge in [-0.2, -0.15) is 5.10 Å². The van der Waals surface area contributed by atoms with Crippen LogP contribution >= 0.6 is 11.6 Å². The van der Waals surface area contributed by atoms with Crippen molar-refractivity contribution in [2.45, 2.75) is 12.5 Å². The van der Waals surface area contributed by atoms with Gasteiger partial charge in [0.2, 0.25) is 5.91 Å². The Kier molecular flexibility index (Phi) is 5.32. The molecule has 0 saturated heterocycles. The molecule has 1 aliphatic rings. The van der Waals surface area contributed by atoms with Gasteiger partial charge in [-0.05, 0) is 30.3 Å². The summed E-state index contributed by atoms with van der Waals surface area (Å²) in [6.45, 7) is 0. The number of nitrogens with two attached hydrogens (primary N) is 1. The molecule has 0 fully saturated rings. The molecule has 0 radical (unpaired) electrons. The Hall–Kier alpha value is -3.06. The van der Waals surface area contributed by atoms with Crippen LogP contribution in [0.5, 0.6) is 0 Å². The molecule has 1 atom stereocenters. The van der Waals surface area contributed by atoms with Crippen LogP contribution in [0.2, 0.25) is 5.02 Å². The third-order valence-corrected chi connectivity index (χ3v) is 4.45. The lowest BCUT2D eigenvalue weighted by atomic mass is 10.1. The Morgan fingerprint density at radius 3 is 2.56 bits per heavy atom. The number of para-hydroxylation sites is 1. The third-order valence-electron chi connectivity index (χ3n) is 4.21. The van der Waals surface area contributed by atoms with E-state index in [4.69, 9.17) is 17.3 Å². The van der Waals surface area contributed by atoms with Crippen LogP contribution < -0.4 is 21.0 Å². The largest absolute Gasteiger partial charge is 0.376 e. The van der Waals surface area contributed by atoms with Crippen molar-refractivity contribution in [2.75, 3.05) is 29.3 Å². The molecule has 2 amide bonds. The first-order valence-electron chi connectivity index (χ1n) is 8.36. The molecule has 140 valence electrons. The number of rotatable bonds is 5. The van der Waals surface area contributed by atoms with Crippen LogP contribution in [0.4, 0.5) is 17.1 Å². The molecule has 0 bridgehead atoms. The number of hydrogen-bond acceptors (Lipinski definition) is 5. The highest BCUT2D eigenvalue weighted by Crippen LogP contribution is 2.29. The van der Waals surface area contributed by atoms with Crippen LogP contribution in [0.1, 0.15) is 6.42 Å². The van der Waals surface area contributed by atoms with Crippen molar-refractivity contribution in [3.05, 3.63) is 53.6 Å². The Morgan fingerprint density at radius 1 is 1.22 bits per heavy atom. The summed E-state index contributed by atoms with van der Waals surface area (Å²) in [4.78, 5) is 26.5. The number of nitrogens with zero attached hydrogens (tertiary/aromatic N) is 3. The highest BCUT2D eigenvalue weighted by Gasteiger charge is 2.35. The second kappa shape index (κ2) is 7.67. The Morgan fingerprint density at radius 2 is 1.93 bits per heavy atom. The summed E-state index contributed by atoms with van der Waals surface area (Å²) in [5.74, 6) is -0.938. The lowest BCUT2D eigenvalue weighted by molar-refractivity contribution is -0.119. The van der Waals surface area contributed by atoms with Crippen molar-refractivity contribution in [1.29, 1.82) is 0 Å². The van der Waals surface area contributed by atoms with Gasteiger partial charge in [-0.25, -0.2) is 0 Å². The molecule has 2 aromatic rings. The van der Waals surface area contributed by atoms with E-state index in [0.29, 0.717) is 16.4 Å². The predicted molar refractivity (Wildman–Crippen MR) is 108 cm³/mol. The molecular weight excluding hydrogens is 366 g/mol. The fourth-order valence-corrected chi connectivity index (χ4v) is 3.05. The first kappa shape index (κ1) is 18.7. The Balaban J connectivity index is 1.87. The van der Waals surface area contributed by atoms with Crippen molar-refractivity contribution >= 4 is 46.2 Å². The average molecular weight is 386 g/mol. The number of carbonyl (C=O) groups excluding carboxylic acids is 2. The van der Waals surface area contributed by atoms with E-state index in [0.717, 1.165) is 5.69 Å². The monoisotopic (exact) mass is 385 g/mol. The standard InChI is InChI=1S/C19H20ClN5O2/c1-24(2)16-9-8-12(20)10-14(16)22-19(27)15-11-17(18(21)26)25(23-15)13-6-4-3-5-7-13/h3-10,17H,11H2,1-2H3,(H2,21,26)(H,22,27). The minimum atomic E-state index is -0.708. The minimum absolute atomic E-state index is 0.133. The van der Waals surface area contributed by atoms with E-state index >= 15 is 0 Å². The SMILES string of the molecule is CN(C)c1ccc(Cl)cc1NC(=O)C1=NN(c2ccccc2)C(C(N)=O)C1. The van der Waals surface area contributed by atoms with Gasteiger partial charge in [0.15, 0.2) is 0 Å². The van der Waals surface area contributed by atoms with Crippen LogP contribution in [0.3, 0.4) is 0 Å². The van der Waals surface area contributed by atoms with Gasteiger partial charge in [0.25, 0.3) is 5.91 Å². The van der Waals surface area contributed by atoms with Gasteiger partial charge >= 0.3 is 0 Å². The summed E-state index contributed by atoms with van der Waals surface area (Å²) in [6.07, 6.45) is 0.133. The summed E-state index contributed by atoms with van der Waals surface area (Å²) in [5.41, 5.74) is 7.81. The molecule has 0 aliphatic carbocycles. The van der Waals surface area contributed by atoms with Gasteiger partial charge in [-0.1, -0.05) is 29.8 Å². The van der Waals surface area contributed by atoms with Gasteiger partial charge in [0, 0.05) is 25.5 Å². The van der Waals surface area contributed by atoms with Crippen molar-refractivity contribution < 1.29 is 9.59 Å². The maximum atomic E-state index is 12.8. The van der Waals surface area contributed by atoms with E-state index in [1.54, 1.807) is 24.3 Å². The molecule has 27 heavy (non-hydrogen) atoms. The Labute approximate surface area is 162 Å². The van der Waals surface area contributed by atoms with Crippen molar-refractivity contribution in [1.82, 2.24) is 0 Å². The van der Waals surface area contributed by atoms with Crippen molar-refractivity contribution in [2.24, 2.45) is 10.8 Å². The second-order valence-electron chi connectivity index (χ2n) is 6.36. The molecule has 1 aliphatic heterocycles. The molecule has 8 heteroatoms. The van der Waals surface area contributed by atoms with Crippen LogP contribution in [-0.4, -0.2) is 37.7 Å². The topological polar surface area (TPSA) is 91.0 Å². The van der Waals surface area contributed by atoms with Crippen LogP contribution in [0.25, 0.3) is 0 Å². The quantitative estimate of drug-likeness (QED) is 0.827. The predicted octanol–water partition coefficient (Wildman–Crippen LogP) is 2.46. The number of amides is 2. The number of hydrazone groups is 1. The van der Waals surface area contributed by atoms with E-state index in [-0.39, 0.29) is 12.1 Å². The molecule has 0 aromatic heterocycles. The minimum Gasteiger partial charge on any atom is -0.376 e. The normalized spacial score (nSPS) is 16.0. The summed E-state index contributed by atoms with van der Waals surface area (Å²) in [5, 5.41) is 9.17. The van der Waals surface area contributed by atoms with Gasteiger partial charge in [0.05, 0.1) is 17.1 Å². The van der Waals surface area contributed by atoms with E-state index in [2.05, 4.69) is 10.4 Å². The maximum absolute atomic E-state index is 12.8. The number of nitrogens with one attached hydrogen (secondary N) is 1. The molecule has 2 aromatic carbocycles. The molecule has 0 spiro atoms. The van der Waals surface area contributed by atoms with Crippen LogP contribution in [0, 0.1) is 0 Å². The first-order valence-corrected chi connectivity index (χ1v) is 8.74. The van der Waals surface area contributed by atoms with E-state index in [9.17, 15) is 9.59 Å². The molecule has 3 rings (SSSR count). The number of anilines is 3. The molecule has 1 heterocycles. The van der Waals surface area contributed by atoms with Crippen LogP contribution in [-0.2, 0) is 9.59 Å². The summed E-state index contributed by atoms with van der Waals surface area (Å²) in [7, 11) is 3.73. The second-order valence-corrected chi connectivity index (χ2v) is 6.80. The third kappa shape index (κ3) is 4.03. The number of carbonyl (C=O) groups is 2. The number of primary amides is 1. The fraction of sp³-hybridized carbons (Fsp3) is 0.211. The van der Waals surface area contributed by atoms with Gasteiger partial charge in [-0.15, -0.1) is 0 Å². The molecule has 3 N–H and O–H groups in total. The number of benzene rings is 2. The summed E-state index contributed by atoms with van der Waals surface area (Å²) >= 11 is 6.06. The van der Waals surface area contributed by atoms with Crippen LogP contribution in [0.15, 0.2) is 53.6 Å². The highest BCUT2D eigenvalue weighted by atomic mass is 35.5. The number of halogens is 1. The summed E-state index contributed by atoms with van der Waals surface area (Å²) in [6, 6.07) is 13.7. The molecular formula is C19H20ClN5O2. The average Bonchev–Trinajstić information content (AvgIpc) is 3.08. The van der Waals surface area contributed by atoms with E-state index < -0.39 is 17.9 Å². The zero-order valence-corrected chi connectivity index (χ0v) is 15.8. The molecule has 1 unspecified atom stereocenters. The first-order chi connectivity index (χ1) is 12.9. The van der Waals surface area contributed by atoms with E-state index in [1.165, 1.54) is 5.01 Å². The molecule has 0 saturated carbocycles. The molecule has 7 nitrogen and oxygen atoms in total. The van der Waals surface area contributed by atoms with E-state index in [1.807, 2.05) is 43.3 Å². The number of hydrogen-bond donors (Lipinski definition) is 2. The van der Waals surface area contributed by atoms with Gasteiger partial charge in [0.1, 0.15) is 11.8 Å². The Bertz CT molecular complexity index is 898. The van der Waals surface area contributed by atoms with Crippen molar-refractivity contribution in [3.8, 4) is 0 Å². The zero-order chi connectivity index (χ0) is 19.6. The maximum Gasteiger partial charge on any atom is 0.272 e.